The lowest BCUT2D eigenvalue weighted by molar-refractivity contribution is 0.0910. The van der Waals surface area contributed by atoms with E-state index in [1.165, 1.54) is 5.56 Å². The molecule has 0 saturated carbocycles. The number of benzene rings is 3. The van der Waals surface area contributed by atoms with Gasteiger partial charge in [-0.2, -0.15) is 0 Å². The molecule has 1 aliphatic rings. The number of nitrogens with zero attached hydrogens (tertiary/aromatic N) is 2. The Bertz CT molecular complexity index is 1370. The Labute approximate surface area is 232 Å². The van der Waals surface area contributed by atoms with Crippen molar-refractivity contribution in [3.8, 4) is 11.3 Å². The van der Waals surface area contributed by atoms with Crippen LogP contribution in [-0.4, -0.2) is 34.9 Å². The lowest BCUT2D eigenvalue weighted by Gasteiger charge is -2.32. The standard InChI is InChI=1S/C28H24Cl3N3O.ClH/c29-23-11-10-21(26(30)27(23)31)25-16-22(20-8-4-5-9-24(20)33-25)28(35)32-19-12-14-34(15-13-19)17-18-6-2-1-3-7-18;/h1-11,16,19H,12-15,17H2,(H,32,35);1H. The van der Waals surface area contributed by atoms with Crippen LogP contribution in [0.4, 0.5) is 0 Å². The molecule has 1 fully saturated rings. The molecule has 1 N–H and O–H groups in total. The Morgan fingerprint density at radius 1 is 0.917 bits per heavy atom. The molecule has 0 atom stereocenters. The number of para-hydroxylation sites is 1. The first kappa shape index (κ1) is 26.7. The fraction of sp³-hybridized carbons (Fsp3) is 0.214. The van der Waals surface area contributed by atoms with Gasteiger partial charge in [0.1, 0.15) is 0 Å². The molecule has 1 aromatic heterocycles. The Morgan fingerprint density at radius 2 is 1.61 bits per heavy atom. The number of carbonyl (C=O) groups excluding carboxylic acids is 1. The van der Waals surface area contributed by atoms with Gasteiger partial charge in [0.15, 0.2) is 0 Å². The lowest BCUT2D eigenvalue weighted by Crippen LogP contribution is -2.44. The van der Waals surface area contributed by atoms with E-state index in [0.717, 1.165) is 43.4 Å². The van der Waals surface area contributed by atoms with Crippen LogP contribution in [0, 0.1) is 0 Å². The molecule has 8 heteroatoms. The molecular formula is C28H25Cl4N3O. The summed E-state index contributed by atoms with van der Waals surface area (Å²) in [4.78, 5) is 20.6. The third-order valence-electron chi connectivity index (χ3n) is 6.44. The van der Waals surface area contributed by atoms with Crippen molar-refractivity contribution in [2.75, 3.05) is 13.1 Å². The molecule has 1 aliphatic heterocycles. The van der Waals surface area contributed by atoms with Gasteiger partial charge in [0.2, 0.25) is 0 Å². The molecule has 1 saturated heterocycles. The molecule has 36 heavy (non-hydrogen) atoms. The lowest BCUT2D eigenvalue weighted by atomic mass is 10.0. The number of carbonyl (C=O) groups is 1. The van der Waals surface area contributed by atoms with Crippen LogP contribution in [0.15, 0.2) is 72.8 Å². The smallest absolute Gasteiger partial charge is 0.252 e. The average molecular weight is 561 g/mol. The van der Waals surface area contributed by atoms with Crippen molar-refractivity contribution in [2.24, 2.45) is 0 Å². The number of aromatic nitrogens is 1. The van der Waals surface area contributed by atoms with E-state index in [9.17, 15) is 4.79 Å². The molecule has 5 rings (SSSR count). The molecule has 4 aromatic rings. The minimum Gasteiger partial charge on any atom is -0.349 e. The van der Waals surface area contributed by atoms with Crippen LogP contribution in [0.3, 0.4) is 0 Å². The number of amides is 1. The molecular weight excluding hydrogens is 536 g/mol. The molecule has 0 unspecified atom stereocenters. The molecule has 0 spiro atoms. The van der Waals surface area contributed by atoms with Gasteiger partial charge in [0.05, 0.1) is 31.8 Å². The normalized spacial score (nSPS) is 14.4. The van der Waals surface area contributed by atoms with E-state index in [4.69, 9.17) is 39.8 Å². The van der Waals surface area contributed by atoms with E-state index in [1.54, 1.807) is 18.2 Å². The van der Waals surface area contributed by atoms with Gasteiger partial charge in [-0.1, -0.05) is 83.3 Å². The summed E-state index contributed by atoms with van der Waals surface area (Å²) in [5.74, 6) is -0.109. The van der Waals surface area contributed by atoms with Crippen molar-refractivity contribution in [3.05, 3.63) is 99.0 Å². The fourth-order valence-electron chi connectivity index (χ4n) is 4.57. The molecule has 0 aliphatic carbocycles. The predicted molar refractivity (Wildman–Crippen MR) is 152 cm³/mol. The van der Waals surface area contributed by atoms with E-state index in [1.807, 2.05) is 30.3 Å². The second kappa shape index (κ2) is 11.8. The number of rotatable bonds is 5. The Kier molecular flexibility index (Phi) is 8.76. The SMILES string of the molecule is Cl.O=C(NC1CCN(Cc2ccccc2)CC1)c1cc(-c2ccc(Cl)c(Cl)c2Cl)nc2ccccc12. The summed E-state index contributed by atoms with van der Waals surface area (Å²) in [7, 11) is 0. The van der Waals surface area contributed by atoms with E-state index in [-0.39, 0.29) is 29.4 Å². The summed E-state index contributed by atoms with van der Waals surface area (Å²) in [5, 5.41) is 5.01. The summed E-state index contributed by atoms with van der Waals surface area (Å²) in [6.07, 6.45) is 1.82. The predicted octanol–water partition coefficient (Wildman–Crippen LogP) is 7.68. The van der Waals surface area contributed by atoms with E-state index in [0.29, 0.717) is 26.9 Å². The van der Waals surface area contributed by atoms with Crippen LogP contribution in [0.1, 0.15) is 28.8 Å². The maximum Gasteiger partial charge on any atom is 0.252 e. The largest absolute Gasteiger partial charge is 0.349 e. The van der Waals surface area contributed by atoms with Crippen LogP contribution in [0.5, 0.6) is 0 Å². The maximum absolute atomic E-state index is 13.5. The van der Waals surface area contributed by atoms with Gasteiger partial charge in [-0.3, -0.25) is 9.69 Å². The third kappa shape index (κ3) is 5.80. The number of hydrogen-bond donors (Lipinski definition) is 1. The van der Waals surface area contributed by atoms with Gasteiger partial charge in [-0.05, 0) is 42.7 Å². The van der Waals surface area contributed by atoms with Crippen molar-refractivity contribution in [1.82, 2.24) is 15.2 Å². The summed E-state index contributed by atoms with van der Waals surface area (Å²) in [5.41, 5.74) is 3.81. The second-order valence-electron chi connectivity index (χ2n) is 8.80. The number of pyridine rings is 1. The first-order valence-corrected chi connectivity index (χ1v) is 12.7. The first-order chi connectivity index (χ1) is 17.0. The number of hydrogen-bond acceptors (Lipinski definition) is 3. The summed E-state index contributed by atoms with van der Waals surface area (Å²) in [6, 6.07) is 23.5. The van der Waals surface area contributed by atoms with Gasteiger partial charge in [0.25, 0.3) is 5.91 Å². The zero-order valence-corrected chi connectivity index (χ0v) is 22.5. The highest BCUT2D eigenvalue weighted by molar-refractivity contribution is 6.49. The number of nitrogens with one attached hydrogen (secondary N) is 1. The van der Waals surface area contributed by atoms with Crippen LogP contribution < -0.4 is 5.32 Å². The topological polar surface area (TPSA) is 45.2 Å². The van der Waals surface area contributed by atoms with Crippen LogP contribution in [-0.2, 0) is 6.54 Å². The quantitative estimate of drug-likeness (QED) is 0.255. The Morgan fingerprint density at radius 3 is 2.36 bits per heavy atom. The molecule has 186 valence electrons. The molecule has 4 nitrogen and oxygen atoms in total. The molecule has 2 heterocycles. The van der Waals surface area contributed by atoms with Gasteiger partial charge in [-0.25, -0.2) is 4.98 Å². The van der Waals surface area contributed by atoms with E-state index in [2.05, 4.69) is 34.5 Å². The van der Waals surface area contributed by atoms with Crippen molar-refractivity contribution in [2.45, 2.75) is 25.4 Å². The Hall–Kier alpha value is -2.34. The minimum absolute atomic E-state index is 0. The van der Waals surface area contributed by atoms with Gasteiger partial charge in [0, 0.05) is 36.6 Å². The average Bonchev–Trinajstić information content (AvgIpc) is 2.88. The number of halogens is 4. The number of fused-ring (bicyclic) bond motifs is 1. The monoisotopic (exact) mass is 559 g/mol. The minimum atomic E-state index is -0.109. The Balaban J connectivity index is 0.00000304. The molecule has 0 radical (unpaired) electrons. The molecule has 1 amide bonds. The van der Waals surface area contributed by atoms with Crippen LogP contribution in [0.2, 0.25) is 15.1 Å². The highest BCUT2D eigenvalue weighted by Gasteiger charge is 2.23. The summed E-state index contributed by atoms with van der Waals surface area (Å²) >= 11 is 18.9. The van der Waals surface area contributed by atoms with Crippen molar-refractivity contribution in [3.63, 3.8) is 0 Å². The van der Waals surface area contributed by atoms with Crippen LogP contribution in [0.25, 0.3) is 22.2 Å². The number of likely N-dealkylation sites (tertiary alicyclic amines) is 1. The molecule has 0 bridgehead atoms. The highest BCUT2D eigenvalue weighted by Crippen LogP contribution is 2.38. The van der Waals surface area contributed by atoms with Crippen LogP contribution >= 0.6 is 47.2 Å². The highest BCUT2D eigenvalue weighted by atomic mass is 35.5. The van der Waals surface area contributed by atoms with E-state index >= 15 is 0 Å². The van der Waals surface area contributed by atoms with Gasteiger partial charge >= 0.3 is 0 Å². The molecule has 3 aromatic carbocycles. The van der Waals surface area contributed by atoms with Crippen molar-refractivity contribution in [1.29, 1.82) is 0 Å². The second-order valence-corrected chi connectivity index (χ2v) is 9.97. The first-order valence-electron chi connectivity index (χ1n) is 11.6. The zero-order valence-electron chi connectivity index (χ0n) is 19.4. The number of piperidine rings is 1. The summed E-state index contributed by atoms with van der Waals surface area (Å²) < 4.78 is 0. The third-order valence-corrected chi connectivity index (χ3v) is 7.74. The summed E-state index contributed by atoms with van der Waals surface area (Å²) in [6.45, 7) is 2.83. The maximum atomic E-state index is 13.5. The van der Waals surface area contributed by atoms with Gasteiger partial charge in [-0.15, -0.1) is 12.4 Å². The zero-order chi connectivity index (χ0) is 24.4. The fourth-order valence-corrected chi connectivity index (χ4v) is 5.20. The van der Waals surface area contributed by atoms with Gasteiger partial charge < -0.3 is 5.32 Å². The van der Waals surface area contributed by atoms with E-state index < -0.39 is 0 Å². The van der Waals surface area contributed by atoms with Crippen molar-refractivity contribution >= 4 is 64.0 Å². The van der Waals surface area contributed by atoms with Crippen molar-refractivity contribution < 1.29 is 4.79 Å².